The van der Waals surface area contributed by atoms with Gasteiger partial charge >= 0.3 is 0 Å². The molecule has 0 radical (unpaired) electrons. The van der Waals surface area contributed by atoms with Crippen LogP contribution in [-0.4, -0.2) is 70.9 Å². The van der Waals surface area contributed by atoms with Crippen LogP contribution in [0.1, 0.15) is 79.6 Å². The van der Waals surface area contributed by atoms with Crippen molar-refractivity contribution in [2.45, 2.75) is 91.6 Å². The normalized spacial score (nSPS) is 23.8. The van der Waals surface area contributed by atoms with Gasteiger partial charge < -0.3 is 4.90 Å². The van der Waals surface area contributed by atoms with Gasteiger partial charge in [0.15, 0.2) is 0 Å². The summed E-state index contributed by atoms with van der Waals surface area (Å²) < 4.78 is 2.62. The number of unbranched alkanes of at least 4 members (excludes halogenated alkanes) is 3. The molecule has 4 nitrogen and oxygen atoms in total. The number of hydrogen-bond acceptors (Lipinski definition) is 3. The SMILES string of the molecule is CCCCN1C(C)=[N+](CCCCC2CN=C(C)N2CCCC)CC1C. The molecule has 2 aliphatic heterocycles. The maximum atomic E-state index is 4.69. The molecule has 2 heterocycles. The van der Waals surface area contributed by atoms with E-state index in [0.29, 0.717) is 12.1 Å². The molecule has 0 aromatic rings. The fraction of sp³-hybridized carbons (Fsp3) is 0.905. The van der Waals surface area contributed by atoms with Gasteiger partial charge in [0.1, 0.15) is 12.6 Å². The van der Waals surface area contributed by atoms with Crippen LogP contribution in [0.15, 0.2) is 4.99 Å². The van der Waals surface area contributed by atoms with Crippen molar-refractivity contribution in [2.24, 2.45) is 4.99 Å². The monoisotopic (exact) mass is 349 g/mol. The highest BCUT2D eigenvalue weighted by atomic mass is 15.3. The molecule has 0 bridgehead atoms. The van der Waals surface area contributed by atoms with Crippen LogP contribution >= 0.6 is 0 Å². The topological polar surface area (TPSA) is 21.9 Å². The molecule has 0 aliphatic carbocycles. The lowest BCUT2D eigenvalue weighted by atomic mass is 10.1. The first-order chi connectivity index (χ1) is 12.1. The lowest BCUT2D eigenvalue weighted by Gasteiger charge is -2.26. The summed E-state index contributed by atoms with van der Waals surface area (Å²) in [6.45, 7) is 17.3. The average Bonchev–Trinajstić information content (AvgIpc) is 3.08. The minimum Gasteiger partial charge on any atom is -0.356 e. The van der Waals surface area contributed by atoms with Gasteiger partial charge in [0.05, 0.1) is 25.5 Å². The van der Waals surface area contributed by atoms with Crippen LogP contribution < -0.4 is 0 Å². The second-order valence-electron chi connectivity index (χ2n) is 7.97. The Morgan fingerprint density at radius 1 is 1.00 bits per heavy atom. The van der Waals surface area contributed by atoms with Gasteiger partial charge in [-0.3, -0.25) is 14.5 Å². The molecule has 0 N–H and O–H groups in total. The third-order valence-corrected chi connectivity index (χ3v) is 6.00. The highest BCUT2D eigenvalue weighted by molar-refractivity contribution is 5.81. The quantitative estimate of drug-likeness (QED) is 0.415. The zero-order chi connectivity index (χ0) is 18.2. The Hall–Kier alpha value is -1.06. The maximum Gasteiger partial charge on any atom is 0.244 e. The number of nitrogens with zero attached hydrogens (tertiary/aromatic N) is 4. The summed E-state index contributed by atoms with van der Waals surface area (Å²) in [5, 5.41) is 0. The summed E-state index contributed by atoms with van der Waals surface area (Å²) >= 11 is 0. The van der Waals surface area contributed by atoms with Crippen LogP contribution in [0.2, 0.25) is 0 Å². The average molecular weight is 350 g/mol. The summed E-state index contributed by atoms with van der Waals surface area (Å²) in [5.74, 6) is 2.77. The fourth-order valence-corrected chi connectivity index (χ4v) is 4.31. The molecular formula is C21H41N4+. The summed E-state index contributed by atoms with van der Waals surface area (Å²) in [4.78, 5) is 9.87. The summed E-state index contributed by atoms with van der Waals surface area (Å²) in [5.41, 5.74) is 0. The van der Waals surface area contributed by atoms with E-state index in [2.05, 4.69) is 54.0 Å². The summed E-state index contributed by atoms with van der Waals surface area (Å²) in [6.07, 6.45) is 9.08. The van der Waals surface area contributed by atoms with E-state index < -0.39 is 0 Å². The van der Waals surface area contributed by atoms with Crippen LogP contribution in [0, 0.1) is 0 Å². The minimum absolute atomic E-state index is 0.662. The molecule has 0 saturated carbocycles. The molecule has 2 unspecified atom stereocenters. The fourth-order valence-electron chi connectivity index (χ4n) is 4.31. The number of amidine groups is 2. The second kappa shape index (κ2) is 10.2. The molecule has 0 aromatic carbocycles. The molecule has 0 saturated heterocycles. The van der Waals surface area contributed by atoms with E-state index in [1.165, 1.54) is 82.8 Å². The third kappa shape index (κ3) is 5.46. The molecule has 0 aromatic heterocycles. The molecular weight excluding hydrogens is 308 g/mol. The Bertz CT molecular complexity index is 469. The molecule has 2 aliphatic rings. The number of hydrogen-bond donors (Lipinski definition) is 0. The van der Waals surface area contributed by atoms with Crippen LogP contribution in [0.3, 0.4) is 0 Å². The first kappa shape index (κ1) is 20.3. The zero-order valence-electron chi connectivity index (χ0n) is 17.4. The lowest BCUT2D eigenvalue weighted by Crippen LogP contribution is -2.36. The third-order valence-electron chi connectivity index (χ3n) is 6.00. The van der Waals surface area contributed by atoms with Gasteiger partial charge in [0.2, 0.25) is 5.84 Å². The Morgan fingerprint density at radius 2 is 1.68 bits per heavy atom. The van der Waals surface area contributed by atoms with E-state index >= 15 is 0 Å². The van der Waals surface area contributed by atoms with Crippen LogP contribution in [0.4, 0.5) is 0 Å². The second-order valence-corrected chi connectivity index (χ2v) is 7.97. The van der Waals surface area contributed by atoms with Crippen molar-refractivity contribution in [2.75, 3.05) is 32.7 Å². The molecule has 2 atom stereocenters. The van der Waals surface area contributed by atoms with Gasteiger partial charge in [-0.15, -0.1) is 0 Å². The van der Waals surface area contributed by atoms with E-state index in [0.717, 1.165) is 6.54 Å². The Balaban J connectivity index is 1.73. The molecule has 2 rings (SSSR count). The van der Waals surface area contributed by atoms with E-state index in [1.54, 1.807) is 0 Å². The van der Waals surface area contributed by atoms with E-state index in [-0.39, 0.29) is 0 Å². The predicted molar refractivity (Wildman–Crippen MR) is 109 cm³/mol. The Kier molecular flexibility index (Phi) is 8.25. The first-order valence-corrected chi connectivity index (χ1v) is 10.7. The first-order valence-electron chi connectivity index (χ1n) is 10.7. The van der Waals surface area contributed by atoms with Gasteiger partial charge in [0, 0.05) is 19.5 Å². The summed E-state index contributed by atoms with van der Waals surface area (Å²) in [7, 11) is 0. The van der Waals surface area contributed by atoms with Crippen molar-refractivity contribution in [1.82, 2.24) is 9.80 Å². The van der Waals surface area contributed by atoms with Crippen molar-refractivity contribution < 1.29 is 4.58 Å². The molecule has 0 amide bonds. The van der Waals surface area contributed by atoms with Crippen LogP contribution in [0.25, 0.3) is 0 Å². The number of aliphatic imine (C=N–C) groups is 1. The van der Waals surface area contributed by atoms with Gasteiger partial charge in [-0.25, -0.2) is 0 Å². The maximum absolute atomic E-state index is 4.69. The lowest BCUT2D eigenvalue weighted by molar-refractivity contribution is -0.522. The van der Waals surface area contributed by atoms with Crippen molar-refractivity contribution in [3.63, 3.8) is 0 Å². The van der Waals surface area contributed by atoms with Gasteiger partial charge in [-0.1, -0.05) is 26.7 Å². The van der Waals surface area contributed by atoms with E-state index in [9.17, 15) is 0 Å². The predicted octanol–water partition coefficient (Wildman–Crippen LogP) is 3.99. The highest BCUT2D eigenvalue weighted by Gasteiger charge is 2.32. The van der Waals surface area contributed by atoms with Crippen molar-refractivity contribution >= 4 is 11.7 Å². The molecule has 0 fully saturated rings. The smallest absolute Gasteiger partial charge is 0.244 e. The van der Waals surface area contributed by atoms with Crippen molar-refractivity contribution in [3.8, 4) is 0 Å². The van der Waals surface area contributed by atoms with E-state index in [4.69, 9.17) is 0 Å². The number of rotatable bonds is 11. The zero-order valence-corrected chi connectivity index (χ0v) is 17.4. The molecule has 4 heteroatoms. The largest absolute Gasteiger partial charge is 0.356 e. The van der Waals surface area contributed by atoms with Gasteiger partial charge in [-0.2, -0.15) is 0 Å². The highest BCUT2D eigenvalue weighted by Crippen LogP contribution is 2.18. The van der Waals surface area contributed by atoms with Crippen molar-refractivity contribution in [1.29, 1.82) is 0 Å². The Morgan fingerprint density at radius 3 is 2.36 bits per heavy atom. The molecule has 0 spiro atoms. The van der Waals surface area contributed by atoms with Crippen molar-refractivity contribution in [3.05, 3.63) is 0 Å². The van der Waals surface area contributed by atoms with Gasteiger partial charge in [-0.05, 0) is 46.0 Å². The van der Waals surface area contributed by atoms with Gasteiger partial charge in [0.25, 0.3) is 0 Å². The summed E-state index contributed by atoms with van der Waals surface area (Å²) in [6, 6.07) is 1.34. The standard InChI is InChI=1S/C21H41N4/c1-6-8-14-24-18(3)17-23(20(24)5)13-11-10-12-21-16-22-19(4)25(21)15-9-7-2/h18,21H,6-17H2,1-5H3/q+1. The van der Waals surface area contributed by atoms with Crippen LogP contribution in [0.5, 0.6) is 0 Å². The van der Waals surface area contributed by atoms with E-state index in [1.807, 2.05) is 0 Å². The molecule has 25 heavy (non-hydrogen) atoms. The van der Waals surface area contributed by atoms with Crippen LogP contribution in [-0.2, 0) is 0 Å². The minimum atomic E-state index is 0.662. The molecule has 144 valence electrons. The Labute approximate surface area is 156 Å².